The fourth-order valence-electron chi connectivity index (χ4n) is 2.20. The first kappa shape index (κ1) is 14.3. The lowest BCUT2D eigenvalue weighted by atomic mass is 9.94. The zero-order valence-corrected chi connectivity index (χ0v) is 12.4. The highest BCUT2D eigenvalue weighted by Crippen LogP contribution is 2.31. The molecule has 112 valence electrons. The molecule has 0 amide bonds. The molecule has 0 fully saturated rings. The number of methoxy groups -OCH3 is 1. The van der Waals surface area contributed by atoms with Gasteiger partial charge in [0, 0.05) is 29.6 Å². The van der Waals surface area contributed by atoms with Crippen LogP contribution < -0.4 is 4.74 Å². The molecule has 1 N–H and O–H groups in total. The van der Waals surface area contributed by atoms with Gasteiger partial charge in [-0.05, 0) is 37.3 Å². The molecule has 0 aliphatic carbocycles. The molecule has 3 aromatic rings. The quantitative estimate of drug-likeness (QED) is 0.801. The van der Waals surface area contributed by atoms with E-state index in [1.165, 1.54) is 0 Å². The van der Waals surface area contributed by atoms with Crippen LogP contribution in [0.25, 0.3) is 11.3 Å². The average Bonchev–Trinajstić information content (AvgIpc) is 3.06. The third-order valence-electron chi connectivity index (χ3n) is 3.60. The van der Waals surface area contributed by atoms with Gasteiger partial charge in [0.15, 0.2) is 5.76 Å². The number of pyridine rings is 1. The van der Waals surface area contributed by atoms with Gasteiger partial charge < -0.3 is 14.4 Å². The molecule has 0 unspecified atom stereocenters. The van der Waals surface area contributed by atoms with E-state index >= 15 is 0 Å². The van der Waals surface area contributed by atoms with Crippen molar-refractivity contribution in [1.82, 2.24) is 10.1 Å². The number of rotatable bonds is 4. The first-order valence-corrected chi connectivity index (χ1v) is 6.86. The van der Waals surface area contributed by atoms with Crippen LogP contribution >= 0.6 is 0 Å². The van der Waals surface area contributed by atoms with E-state index in [0.717, 1.165) is 11.3 Å². The van der Waals surface area contributed by atoms with Gasteiger partial charge >= 0.3 is 0 Å². The van der Waals surface area contributed by atoms with E-state index in [-0.39, 0.29) is 0 Å². The van der Waals surface area contributed by atoms with Crippen molar-refractivity contribution >= 4 is 0 Å². The number of aliphatic hydroxyl groups is 1. The van der Waals surface area contributed by atoms with Crippen molar-refractivity contribution in [1.29, 1.82) is 0 Å². The lowest BCUT2D eigenvalue weighted by Crippen LogP contribution is -2.22. The van der Waals surface area contributed by atoms with Crippen LogP contribution in [0.1, 0.15) is 18.2 Å². The number of benzene rings is 1. The third kappa shape index (κ3) is 2.58. The van der Waals surface area contributed by atoms with E-state index in [0.29, 0.717) is 17.0 Å². The number of ether oxygens (including phenoxy) is 1. The minimum Gasteiger partial charge on any atom is -0.497 e. The molecular weight excluding hydrogens is 280 g/mol. The third-order valence-corrected chi connectivity index (χ3v) is 3.60. The SMILES string of the molecule is COc1ccc(-c2cc([C@@](C)(O)c3cccnc3)on2)cc1. The van der Waals surface area contributed by atoms with E-state index in [1.54, 1.807) is 44.6 Å². The minimum absolute atomic E-state index is 0.367. The van der Waals surface area contributed by atoms with Crippen molar-refractivity contribution in [2.75, 3.05) is 7.11 Å². The Hall–Kier alpha value is -2.66. The van der Waals surface area contributed by atoms with Crippen LogP contribution in [0, 0.1) is 0 Å². The van der Waals surface area contributed by atoms with E-state index in [4.69, 9.17) is 9.26 Å². The first-order valence-electron chi connectivity index (χ1n) is 6.86. The molecule has 0 spiro atoms. The number of hydrogen-bond acceptors (Lipinski definition) is 5. The average molecular weight is 296 g/mol. The molecule has 22 heavy (non-hydrogen) atoms. The van der Waals surface area contributed by atoms with Gasteiger partial charge in [0.2, 0.25) is 0 Å². The summed E-state index contributed by atoms with van der Waals surface area (Å²) in [6.45, 7) is 1.66. The van der Waals surface area contributed by atoms with Crippen molar-refractivity contribution in [2.24, 2.45) is 0 Å². The highest BCUT2D eigenvalue weighted by molar-refractivity contribution is 5.60. The summed E-state index contributed by atoms with van der Waals surface area (Å²) in [7, 11) is 1.62. The van der Waals surface area contributed by atoms with Gasteiger partial charge in [-0.25, -0.2) is 0 Å². The summed E-state index contributed by atoms with van der Waals surface area (Å²) in [5.74, 6) is 1.14. The standard InChI is InChI=1S/C17H16N2O3/c1-17(20,13-4-3-9-18-11-13)16-10-15(19-22-16)12-5-7-14(21-2)8-6-12/h3-11,20H,1-2H3/t17-/m0/s1. The van der Waals surface area contributed by atoms with Crippen LogP contribution in [0.2, 0.25) is 0 Å². The highest BCUT2D eigenvalue weighted by Gasteiger charge is 2.30. The van der Waals surface area contributed by atoms with Crippen molar-refractivity contribution in [2.45, 2.75) is 12.5 Å². The zero-order valence-electron chi connectivity index (χ0n) is 12.4. The van der Waals surface area contributed by atoms with Crippen LogP contribution in [-0.4, -0.2) is 22.4 Å². The molecule has 2 aromatic heterocycles. The Morgan fingerprint density at radius 1 is 1.18 bits per heavy atom. The van der Waals surface area contributed by atoms with Gasteiger partial charge in [0.05, 0.1) is 7.11 Å². The maximum atomic E-state index is 10.7. The maximum Gasteiger partial charge on any atom is 0.173 e. The van der Waals surface area contributed by atoms with Crippen molar-refractivity contribution in [3.05, 3.63) is 66.2 Å². The molecule has 0 bridgehead atoms. The summed E-state index contributed by atoms with van der Waals surface area (Å²) >= 11 is 0. The molecule has 1 aromatic carbocycles. The van der Waals surface area contributed by atoms with E-state index < -0.39 is 5.60 Å². The fourth-order valence-corrected chi connectivity index (χ4v) is 2.20. The van der Waals surface area contributed by atoms with Gasteiger partial charge in [-0.3, -0.25) is 4.98 Å². The molecule has 0 aliphatic heterocycles. The first-order chi connectivity index (χ1) is 10.6. The minimum atomic E-state index is -1.29. The van der Waals surface area contributed by atoms with Crippen LogP contribution in [0.3, 0.4) is 0 Å². The van der Waals surface area contributed by atoms with E-state index in [1.807, 2.05) is 24.3 Å². The topological polar surface area (TPSA) is 68.4 Å². The molecule has 0 saturated heterocycles. The monoisotopic (exact) mass is 296 g/mol. The molecule has 5 heteroatoms. The Balaban J connectivity index is 1.93. The predicted octanol–water partition coefficient (Wildman–Crippen LogP) is 3.00. The van der Waals surface area contributed by atoms with E-state index in [2.05, 4.69) is 10.1 Å². The Kier molecular flexibility index (Phi) is 3.65. The van der Waals surface area contributed by atoms with Crippen molar-refractivity contribution in [3.8, 4) is 17.0 Å². The van der Waals surface area contributed by atoms with Crippen LogP contribution in [0.5, 0.6) is 5.75 Å². The second-order valence-electron chi connectivity index (χ2n) is 5.12. The molecule has 1 atom stereocenters. The van der Waals surface area contributed by atoms with Gasteiger partial charge in [0.25, 0.3) is 0 Å². The van der Waals surface area contributed by atoms with E-state index in [9.17, 15) is 5.11 Å². The number of aromatic nitrogens is 2. The largest absolute Gasteiger partial charge is 0.497 e. The number of hydrogen-bond donors (Lipinski definition) is 1. The summed E-state index contributed by atoms with van der Waals surface area (Å²) in [6, 6.07) is 12.8. The summed E-state index contributed by atoms with van der Waals surface area (Å²) < 4.78 is 10.5. The second-order valence-corrected chi connectivity index (χ2v) is 5.12. The molecule has 0 aliphatic rings. The van der Waals surface area contributed by atoms with Gasteiger partial charge in [-0.2, -0.15) is 0 Å². The van der Waals surface area contributed by atoms with Gasteiger partial charge in [-0.15, -0.1) is 0 Å². The predicted molar refractivity (Wildman–Crippen MR) is 81.4 cm³/mol. The molecule has 0 saturated carbocycles. The van der Waals surface area contributed by atoms with Gasteiger partial charge in [0.1, 0.15) is 17.0 Å². The van der Waals surface area contributed by atoms with Crippen molar-refractivity contribution < 1.29 is 14.4 Å². The lowest BCUT2D eigenvalue weighted by Gasteiger charge is -2.19. The zero-order chi connectivity index (χ0) is 15.6. The summed E-state index contributed by atoms with van der Waals surface area (Å²) in [4.78, 5) is 4.02. The molecule has 5 nitrogen and oxygen atoms in total. The molecule has 3 rings (SSSR count). The van der Waals surface area contributed by atoms with Crippen LogP contribution in [-0.2, 0) is 5.60 Å². The normalized spacial score (nSPS) is 13.6. The molecule has 0 radical (unpaired) electrons. The summed E-state index contributed by atoms with van der Waals surface area (Å²) in [5.41, 5.74) is 0.901. The van der Waals surface area contributed by atoms with Crippen molar-refractivity contribution in [3.63, 3.8) is 0 Å². The Morgan fingerprint density at radius 2 is 1.95 bits per heavy atom. The van der Waals surface area contributed by atoms with Crippen LogP contribution in [0.15, 0.2) is 59.4 Å². The molecular formula is C17H16N2O3. The summed E-state index contributed by atoms with van der Waals surface area (Å²) in [5, 5.41) is 14.7. The Labute approximate surface area is 128 Å². The Morgan fingerprint density at radius 3 is 2.59 bits per heavy atom. The lowest BCUT2D eigenvalue weighted by molar-refractivity contribution is 0.0691. The van der Waals surface area contributed by atoms with Crippen LogP contribution in [0.4, 0.5) is 0 Å². The number of nitrogens with zero attached hydrogens (tertiary/aromatic N) is 2. The smallest absolute Gasteiger partial charge is 0.173 e. The Bertz CT molecular complexity index is 749. The highest BCUT2D eigenvalue weighted by atomic mass is 16.5. The maximum absolute atomic E-state index is 10.7. The van der Waals surface area contributed by atoms with Gasteiger partial charge in [-0.1, -0.05) is 11.2 Å². The second kappa shape index (κ2) is 5.61. The fraction of sp³-hybridized carbons (Fsp3) is 0.176. The summed E-state index contributed by atoms with van der Waals surface area (Å²) in [6.07, 6.45) is 3.26. The molecule has 2 heterocycles.